The quantitative estimate of drug-likeness (QED) is 0.582. The van der Waals surface area contributed by atoms with Gasteiger partial charge in [-0.15, -0.1) is 0 Å². The molecule has 22 heavy (non-hydrogen) atoms. The summed E-state index contributed by atoms with van der Waals surface area (Å²) in [6.45, 7) is 5.60. The molecule has 0 spiro atoms. The lowest BCUT2D eigenvalue weighted by molar-refractivity contribution is 0.148. The molecule has 0 fully saturated rings. The second-order valence-corrected chi connectivity index (χ2v) is 6.55. The fraction of sp³-hybridized carbons (Fsp3) is 0.611. The summed E-state index contributed by atoms with van der Waals surface area (Å²) in [7, 11) is 0. The number of unbranched alkanes of at least 4 members (excludes halogenated alkanes) is 1. The van der Waals surface area contributed by atoms with Crippen LogP contribution in [0, 0.1) is 5.41 Å². The molecule has 0 unspecified atom stereocenters. The Balaban J connectivity index is 1.97. The van der Waals surface area contributed by atoms with Gasteiger partial charge in [0, 0.05) is 19.7 Å². The van der Waals surface area contributed by atoms with Crippen molar-refractivity contribution in [1.29, 1.82) is 0 Å². The van der Waals surface area contributed by atoms with Crippen LogP contribution in [0.2, 0.25) is 0 Å². The van der Waals surface area contributed by atoms with Gasteiger partial charge in [-0.25, -0.2) is 4.79 Å². The number of carbonyl (C=O) groups is 1. The van der Waals surface area contributed by atoms with Crippen LogP contribution in [0.25, 0.3) is 0 Å². The lowest BCUT2D eigenvalue weighted by Crippen LogP contribution is -2.36. The lowest BCUT2D eigenvalue weighted by atomic mass is 9.89. The molecule has 0 aromatic heterocycles. The van der Waals surface area contributed by atoms with Gasteiger partial charge in [0.05, 0.1) is 0 Å². The van der Waals surface area contributed by atoms with Crippen LogP contribution >= 0.6 is 0 Å². The zero-order valence-corrected chi connectivity index (χ0v) is 13.9. The maximum Gasteiger partial charge on any atom is 0.314 e. The van der Waals surface area contributed by atoms with Crippen molar-refractivity contribution >= 4 is 6.03 Å². The molecule has 0 atom stereocenters. The van der Waals surface area contributed by atoms with Crippen LogP contribution in [0.1, 0.15) is 45.1 Å². The first kappa shape index (κ1) is 18.5. The molecule has 2 amide bonds. The molecule has 0 saturated carbocycles. The fourth-order valence-corrected chi connectivity index (χ4v) is 2.21. The van der Waals surface area contributed by atoms with Gasteiger partial charge in [-0.05, 0) is 43.1 Å². The summed E-state index contributed by atoms with van der Waals surface area (Å²) in [5.41, 5.74) is 1.29. The first-order valence-corrected chi connectivity index (χ1v) is 8.20. The number of nitrogens with one attached hydrogen (secondary N) is 2. The van der Waals surface area contributed by atoms with Gasteiger partial charge < -0.3 is 15.7 Å². The molecule has 0 aliphatic carbocycles. The number of aryl methyl sites for hydroxylation is 1. The molecule has 0 aliphatic heterocycles. The Bertz CT molecular complexity index is 418. The van der Waals surface area contributed by atoms with Crippen LogP contribution in [0.15, 0.2) is 30.3 Å². The Morgan fingerprint density at radius 2 is 1.68 bits per heavy atom. The van der Waals surface area contributed by atoms with Gasteiger partial charge in [-0.1, -0.05) is 44.2 Å². The summed E-state index contributed by atoms with van der Waals surface area (Å²) >= 11 is 0. The van der Waals surface area contributed by atoms with Crippen molar-refractivity contribution in [3.8, 4) is 0 Å². The van der Waals surface area contributed by atoms with E-state index in [1.807, 2.05) is 19.9 Å². The lowest BCUT2D eigenvalue weighted by Gasteiger charge is -2.21. The van der Waals surface area contributed by atoms with E-state index >= 15 is 0 Å². The van der Waals surface area contributed by atoms with E-state index in [-0.39, 0.29) is 18.1 Å². The minimum absolute atomic E-state index is 0.0599. The zero-order chi connectivity index (χ0) is 16.3. The van der Waals surface area contributed by atoms with Crippen LogP contribution < -0.4 is 10.6 Å². The molecule has 3 N–H and O–H groups in total. The van der Waals surface area contributed by atoms with Crippen LogP contribution in [-0.4, -0.2) is 30.8 Å². The van der Waals surface area contributed by atoms with E-state index in [2.05, 4.69) is 34.9 Å². The standard InChI is InChI=1S/C18H30N2O2/c1-18(2,15-21)12-8-14-20-17(22)19-13-7-6-11-16-9-4-3-5-10-16/h3-5,9-10,21H,6-8,11-15H2,1-2H3,(H2,19,20,22). The second kappa shape index (κ2) is 10.2. The molecule has 1 rings (SSSR count). The van der Waals surface area contributed by atoms with Crippen molar-refractivity contribution in [2.45, 2.75) is 46.0 Å². The van der Waals surface area contributed by atoms with Crippen molar-refractivity contribution in [2.75, 3.05) is 19.7 Å². The summed E-state index contributed by atoms with van der Waals surface area (Å²) in [5, 5.41) is 14.9. The molecule has 1 aromatic carbocycles. The van der Waals surface area contributed by atoms with Crippen molar-refractivity contribution in [1.82, 2.24) is 10.6 Å². The minimum atomic E-state index is -0.0958. The zero-order valence-electron chi connectivity index (χ0n) is 13.9. The van der Waals surface area contributed by atoms with Gasteiger partial charge in [-0.3, -0.25) is 0 Å². The fourth-order valence-electron chi connectivity index (χ4n) is 2.21. The number of benzene rings is 1. The van der Waals surface area contributed by atoms with Gasteiger partial charge in [0.1, 0.15) is 0 Å². The summed E-state index contributed by atoms with van der Waals surface area (Å²) in [6.07, 6.45) is 4.91. The molecule has 4 nitrogen and oxygen atoms in total. The summed E-state index contributed by atoms with van der Waals surface area (Å²) in [4.78, 5) is 11.6. The number of aliphatic hydroxyl groups excluding tert-OH is 1. The molecule has 0 heterocycles. The van der Waals surface area contributed by atoms with Crippen LogP contribution in [0.3, 0.4) is 0 Å². The Morgan fingerprint density at radius 3 is 2.32 bits per heavy atom. The molecular weight excluding hydrogens is 276 g/mol. The first-order chi connectivity index (χ1) is 10.5. The number of urea groups is 1. The van der Waals surface area contributed by atoms with E-state index < -0.39 is 0 Å². The van der Waals surface area contributed by atoms with E-state index in [9.17, 15) is 4.79 Å². The molecular formula is C18H30N2O2. The maximum absolute atomic E-state index is 11.6. The number of rotatable bonds is 10. The highest BCUT2D eigenvalue weighted by molar-refractivity contribution is 5.73. The van der Waals surface area contributed by atoms with Crippen LogP contribution in [0.5, 0.6) is 0 Å². The highest BCUT2D eigenvalue weighted by atomic mass is 16.3. The third-order valence-electron chi connectivity index (χ3n) is 3.76. The van der Waals surface area contributed by atoms with E-state index in [1.165, 1.54) is 5.56 Å². The van der Waals surface area contributed by atoms with Crippen LogP contribution in [0.4, 0.5) is 4.79 Å². The second-order valence-electron chi connectivity index (χ2n) is 6.55. The average Bonchev–Trinajstić information content (AvgIpc) is 2.52. The summed E-state index contributed by atoms with van der Waals surface area (Å²) in [6, 6.07) is 10.3. The largest absolute Gasteiger partial charge is 0.396 e. The van der Waals surface area contributed by atoms with E-state index in [4.69, 9.17) is 5.11 Å². The van der Waals surface area contributed by atoms with E-state index in [1.54, 1.807) is 0 Å². The number of amides is 2. The Kier molecular flexibility index (Phi) is 8.60. The Labute approximate surface area is 134 Å². The third-order valence-corrected chi connectivity index (χ3v) is 3.76. The first-order valence-electron chi connectivity index (χ1n) is 8.20. The number of carbonyl (C=O) groups excluding carboxylic acids is 1. The van der Waals surface area contributed by atoms with Crippen molar-refractivity contribution in [3.63, 3.8) is 0 Å². The molecule has 124 valence electrons. The third kappa shape index (κ3) is 8.67. The summed E-state index contributed by atoms with van der Waals surface area (Å²) in [5.74, 6) is 0. The maximum atomic E-state index is 11.6. The smallest absolute Gasteiger partial charge is 0.314 e. The van der Waals surface area contributed by atoms with Crippen molar-refractivity contribution in [2.24, 2.45) is 5.41 Å². The number of aliphatic hydroxyl groups is 1. The van der Waals surface area contributed by atoms with Gasteiger partial charge in [0.15, 0.2) is 0 Å². The van der Waals surface area contributed by atoms with Crippen molar-refractivity contribution < 1.29 is 9.90 Å². The van der Waals surface area contributed by atoms with Gasteiger partial charge in [0.25, 0.3) is 0 Å². The van der Waals surface area contributed by atoms with Gasteiger partial charge in [-0.2, -0.15) is 0 Å². The molecule has 4 heteroatoms. The summed E-state index contributed by atoms with van der Waals surface area (Å²) < 4.78 is 0. The molecule has 0 radical (unpaired) electrons. The molecule has 1 aromatic rings. The van der Waals surface area contributed by atoms with Crippen LogP contribution in [-0.2, 0) is 6.42 Å². The Morgan fingerprint density at radius 1 is 1.05 bits per heavy atom. The highest BCUT2D eigenvalue weighted by Gasteiger charge is 2.15. The SMILES string of the molecule is CC(C)(CO)CCCNC(=O)NCCCCc1ccccc1. The van der Waals surface area contributed by atoms with E-state index in [0.717, 1.165) is 32.1 Å². The monoisotopic (exact) mass is 306 g/mol. The van der Waals surface area contributed by atoms with Gasteiger partial charge >= 0.3 is 6.03 Å². The molecule has 0 aliphatic rings. The molecule has 0 saturated heterocycles. The van der Waals surface area contributed by atoms with Gasteiger partial charge in [0.2, 0.25) is 0 Å². The number of hydrogen-bond acceptors (Lipinski definition) is 2. The van der Waals surface area contributed by atoms with E-state index in [0.29, 0.717) is 13.1 Å². The normalized spacial score (nSPS) is 11.2. The topological polar surface area (TPSA) is 61.4 Å². The minimum Gasteiger partial charge on any atom is -0.396 e. The highest BCUT2D eigenvalue weighted by Crippen LogP contribution is 2.20. The molecule has 0 bridgehead atoms. The predicted octanol–water partition coefficient (Wildman–Crippen LogP) is 3.11. The van der Waals surface area contributed by atoms with Crippen molar-refractivity contribution in [3.05, 3.63) is 35.9 Å². The Hall–Kier alpha value is -1.55. The number of hydrogen-bond donors (Lipinski definition) is 3. The average molecular weight is 306 g/mol. The predicted molar refractivity (Wildman–Crippen MR) is 90.9 cm³/mol.